The fourth-order valence-corrected chi connectivity index (χ4v) is 3.89. The fourth-order valence-electron chi connectivity index (χ4n) is 3.89. The summed E-state index contributed by atoms with van der Waals surface area (Å²) in [5.41, 5.74) is 3.29. The highest BCUT2D eigenvalue weighted by Gasteiger charge is 2.29. The third kappa shape index (κ3) is 3.02. The first kappa shape index (κ1) is 16.1. The molecule has 6 heteroatoms. The highest BCUT2D eigenvalue weighted by atomic mass is 16.2. The van der Waals surface area contributed by atoms with Gasteiger partial charge in [-0.25, -0.2) is 9.48 Å². The maximum Gasteiger partial charge on any atom is 0.323 e. The number of para-hydroxylation sites is 1. The molecule has 1 unspecified atom stereocenters. The molecule has 1 N–H and O–H groups in total. The summed E-state index contributed by atoms with van der Waals surface area (Å²) in [5, 5.41) is 7.94. The lowest BCUT2D eigenvalue weighted by Crippen LogP contribution is -2.54. The lowest BCUT2D eigenvalue weighted by molar-refractivity contribution is 0.125. The van der Waals surface area contributed by atoms with E-state index in [2.05, 4.69) is 24.2 Å². The molecule has 2 heterocycles. The highest BCUT2D eigenvalue weighted by molar-refractivity contribution is 5.90. The van der Waals surface area contributed by atoms with Crippen molar-refractivity contribution in [2.24, 2.45) is 0 Å². The van der Waals surface area contributed by atoms with Crippen LogP contribution in [0.15, 0.2) is 30.3 Å². The van der Waals surface area contributed by atoms with Crippen molar-refractivity contribution in [1.29, 1.82) is 0 Å². The van der Waals surface area contributed by atoms with E-state index in [1.54, 1.807) is 0 Å². The van der Waals surface area contributed by atoms with Gasteiger partial charge in [-0.15, -0.1) is 0 Å². The van der Waals surface area contributed by atoms with Crippen LogP contribution in [0.2, 0.25) is 0 Å². The Morgan fingerprint density at radius 1 is 1.20 bits per heavy atom. The Bertz CT molecular complexity index is 770. The van der Waals surface area contributed by atoms with Crippen LogP contribution in [0.25, 0.3) is 5.69 Å². The number of amides is 2. The van der Waals surface area contributed by atoms with E-state index in [-0.39, 0.29) is 12.1 Å². The molecule has 0 bridgehead atoms. The number of hydrogen-bond acceptors (Lipinski definition) is 3. The molecule has 2 amide bonds. The molecule has 2 aromatic rings. The second-order valence-electron chi connectivity index (χ2n) is 7.11. The summed E-state index contributed by atoms with van der Waals surface area (Å²) in [6.07, 6.45) is 3.08. The fraction of sp³-hybridized carbons (Fsp3) is 0.474. The molecule has 0 radical (unpaired) electrons. The molecule has 1 aliphatic heterocycles. The molecule has 2 aliphatic rings. The van der Waals surface area contributed by atoms with Crippen molar-refractivity contribution in [1.82, 2.24) is 19.6 Å². The summed E-state index contributed by atoms with van der Waals surface area (Å²) in [4.78, 5) is 17.1. The molecule has 0 saturated carbocycles. The maximum absolute atomic E-state index is 12.9. The van der Waals surface area contributed by atoms with E-state index in [1.165, 1.54) is 5.56 Å². The van der Waals surface area contributed by atoms with E-state index in [1.807, 2.05) is 39.9 Å². The van der Waals surface area contributed by atoms with Crippen molar-refractivity contribution in [3.8, 4) is 5.69 Å². The minimum Gasteiger partial charge on any atom is -0.319 e. The Morgan fingerprint density at radius 2 is 2.00 bits per heavy atom. The predicted molar refractivity (Wildman–Crippen MR) is 98.3 cm³/mol. The molecule has 1 atom stereocenters. The van der Waals surface area contributed by atoms with E-state index >= 15 is 0 Å². The van der Waals surface area contributed by atoms with Gasteiger partial charge in [0.25, 0.3) is 0 Å². The molecule has 132 valence electrons. The smallest absolute Gasteiger partial charge is 0.319 e. The second kappa shape index (κ2) is 6.52. The number of piperazine rings is 1. The topological polar surface area (TPSA) is 53.4 Å². The van der Waals surface area contributed by atoms with Crippen LogP contribution < -0.4 is 5.32 Å². The van der Waals surface area contributed by atoms with Crippen molar-refractivity contribution in [3.05, 3.63) is 41.6 Å². The molecule has 1 aromatic heterocycles. The summed E-state index contributed by atoms with van der Waals surface area (Å²) in [5.74, 6) is 0.842. The highest BCUT2D eigenvalue weighted by Crippen LogP contribution is 2.31. The summed E-state index contributed by atoms with van der Waals surface area (Å²) in [6, 6.07) is 10.2. The van der Waals surface area contributed by atoms with Crippen LogP contribution in [0.3, 0.4) is 0 Å². The van der Waals surface area contributed by atoms with E-state index in [4.69, 9.17) is 5.10 Å². The summed E-state index contributed by atoms with van der Waals surface area (Å²) < 4.78 is 1.89. The molecule has 4 rings (SSSR count). The first-order valence-electron chi connectivity index (χ1n) is 9.06. The van der Waals surface area contributed by atoms with Crippen LogP contribution in [0.1, 0.15) is 24.6 Å². The normalized spacial score (nSPS) is 20.6. The van der Waals surface area contributed by atoms with Crippen LogP contribution in [0, 0.1) is 0 Å². The number of rotatable bonds is 2. The first-order valence-corrected chi connectivity index (χ1v) is 9.06. The van der Waals surface area contributed by atoms with Crippen LogP contribution in [0.5, 0.6) is 0 Å². The number of carbonyl (C=O) groups excluding carboxylic acids is 1. The maximum atomic E-state index is 12.9. The Hall–Kier alpha value is -2.34. The number of aromatic nitrogens is 2. The van der Waals surface area contributed by atoms with E-state index in [0.29, 0.717) is 0 Å². The number of anilines is 1. The van der Waals surface area contributed by atoms with Crippen LogP contribution >= 0.6 is 0 Å². The molecule has 1 fully saturated rings. The van der Waals surface area contributed by atoms with Crippen LogP contribution in [0.4, 0.5) is 10.6 Å². The Kier molecular flexibility index (Phi) is 4.21. The Balaban J connectivity index is 1.63. The number of nitrogens with zero attached hydrogens (tertiary/aromatic N) is 4. The van der Waals surface area contributed by atoms with Gasteiger partial charge < -0.3 is 9.80 Å². The summed E-state index contributed by atoms with van der Waals surface area (Å²) in [7, 11) is 2.10. The van der Waals surface area contributed by atoms with E-state index in [0.717, 1.165) is 56.1 Å². The van der Waals surface area contributed by atoms with Crippen LogP contribution in [-0.4, -0.2) is 58.3 Å². The minimum absolute atomic E-state index is 0.0209. The number of fused-ring (bicyclic) bond motifs is 1. The zero-order chi connectivity index (χ0) is 17.4. The molecule has 1 saturated heterocycles. The molecule has 6 nitrogen and oxygen atoms in total. The number of likely N-dealkylation sites (N-methyl/N-ethyl adjacent to an activating group) is 1. The molecule has 1 aromatic carbocycles. The zero-order valence-corrected chi connectivity index (χ0v) is 14.9. The van der Waals surface area contributed by atoms with E-state index in [9.17, 15) is 4.79 Å². The minimum atomic E-state index is -0.0209. The van der Waals surface area contributed by atoms with E-state index < -0.39 is 0 Å². The number of urea groups is 1. The third-order valence-electron chi connectivity index (χ3n) is 5.22. The van der Waals surface area contributed by atoms with Crippen molar-refractivity contribution in [2.75, 3.05) is 32.0 Å². The largest absolute Gasteiger partial charge is 0.323 e. The standard InChI is InChI=1S/C19H25N5O/c1-14-13-22(2)11-12-23(14)19(25)20-18-16-9-6-10-17(16)21-24(18)15-7-4-3-5-8-15/h3-5,7-8,14H,6,9-13H2,1-2H3,(H,20,25). The number of nitrogens with one attached hydrogen (secondary N) is 1. The average molecular weight is 339 g/mol. The number of benzene rings is 1. The monoisotopic (exact) mass is 339 g/mol. The van der Waals surface area contributed by atoms with Crippen molar-refractivity contribution >= 4 is 11.8 Å². The van der Waals surface area contributed by atoms with Gasteiger partial charge in [-0.2, -0.15) is 5.10 Å². The SMILES string of the molecule is CC1CN(C)CCN1C(=O)Nc1c2c(nn1-c1ccccc1)CCC2. The van der Waals surface area contributed by atoms with Gasteiger partial charge in [0.15, 0.2) is 0 Å². The van der Waals surface area contributed by atoms with Gasteiger partial charge in [0.2, 0.25) is 0 Å². The van der Waals surface area contributed by atoms with Crippen LogP contribution in [-0.2, 0) is 12.8 Å². The molecular formula is C19H25N5O. The third-order valence-corrected chi connectivity index (χ3v) is 5.22. The number of hydrogen-bond donors (Lipinski definition) is 1. The lowest BCUT2D eigenvalue weighted by Gasteiger charge is -2.38. The van der Waals surface area contributed by atoms with Gasteiger partial charge in [-0.05, 0) is 45.4 Å². The van der Waals surface area contributed by atoms with Crippen molar-refractivity contribution in [2.45, 2.75) is 32.2 Å². The molecule has 0 spiro atoms. The molecule has 25 heavy (non-hydrogen) atoms. The van der Waals surface area contributed by atoms with Gasteiger partial charge in [0.1, 0.15) is 5.82 Å². The van der Waals surface area contributed by atoms with Gasteiger partial charge in [0, 0.05) is 31.2 Å². The second-order valence-corrected chi connectivity index (χ2v) is 7.11. The van der Waals surface area contributed by atoms with Gasteiger partial charge in [-0.1, -0.05) is 18.2 Å². The van der Waals surface area contributed by atoms with Gasteiger partial charge in [0.05, 0.1) is 11.4 Å². The van der Waals surface area contributed by atoms with Gasteiger partial charge >= 0.3 is 6.03 Å². The summed E-state index contributed by atoms with van der Waals surface area (Å²) >= 11 is 0. The number of aryl methyl sites for hydroxylation is 1. The number of carbonyl (C=O) groups is 1. The summed E-state index contributed by atoms with van der Waals surface area (Å²) in [6.45, 7) is 4.68. The first-order chi connectivity index (χ1) is 12.1. The quantitative estimate of drug-likeness (QED) is 0.915. The Labute approximate surface area is 148 Å². The van der Waals surface area contributed by atoms with Gasteiger partial charge in [-0.3, -0.25) is 5.32 Å². The average Bonchev–Trinajstić information content (AvgIpc) is 3.18. The lowest BCUT2D eigenvalue weighted by atomic mass is 10.2. The molecule has 1 aliphatic carbocycles. The molecular weight excluding hydrogens is 314 g/mol. The predicted octanol–water partition coefficient (Wildman–Crippen LogP) is 2.53. The Morgan fingerprint density at radius 3 is 2.76 bits per heavy atom. The zero-order valence-electron chi connectivity index (χ0n) is 14.9. The van der Waals surface area contributed by atoms with Crippen molar-refractivity contribution < 1.29 is 4.79 Å². The van der Waals surface area contributed by atoms with Crippen molar-refractivity contribution in [3.63, 3.8) is 0 Å².